The minimum Gasteiger partial charge on any atom is -0.325 e. The van der Waals surface area contributed by atoms with Crippen molar-refractivity contribution in [2.75, 3.05) is 5.32 Å². The summed E-state index contributed by atoms with van der Waals surface area (Å²) in [7, 11) is 0. The lowest BCUT2D eigenvalue weighted by Gasteiger charge is -2.12. The van der Waals surface area contributed by atoms with Gasteiger partial charge in [0, 0.05) is 17.0 Å². The first-order chi connectivity index (χ1) is 10.9. The fourth-order valence-electron chi connectivity index (χ4n) is 2.55. The van der Waals surface area contributed by atoms with Crippen molar-refractivity contribution in [3.63, 3.8) is 0 Å². The van der Waals surface area contributed by atoms with Crippen LogP contribution >= 0.6 is 11.8 Å². The maximum atomic E-state index is 12.5. The number of nitrogens with zero attached hydrogens (tertiary/aromatic N) is 1. The van der Waals surface area contributed by atoms with Gasteiger partial charge in [0.2, 0.25) is 5.91 Å². The number of benzene rings is 2. The van der Waals surface area contributed by atoms with Gasteiger partial charge >= 0.3 is 0 Å². The van der Waals surface area contributed by atoms with Crippen LogP contribution in [-0.2, 0) is 11.2 Å². The summed E-state index contributed by atoms with van der Waals surface area (Å²) in [5, 5.41) is 13.5. The average molecular weight is 328 g/mol. The van der Waals surface area contributed by atoms with Gasteiger partial charge in [-0.15, -0.1) is 11.8 Å². The fourth-order valence-corrected chi connectivity index (χ4v) is 3.84. The van der Waals surface area contributed by atoms with E-state index >= 15 is 0 Å². The molecule has 1 N–H and O–H groups in total. The number of anilines is 1. The highest BCUT2D eigenvalue weighted by Crippen LogP contribution is 2.38. The normalized spacial score (nSPS) is 16.0. The molecule has 0 saturated heterocycles. The first kappa shape index (κ1) is 15.6. The second-order valence-electron chi connectivity index (χ2n) is 5.67. The van der Waals surface area contributed by atoms with Crippen molar-refractivity contribution in [2.45, 2.75) is 30.4 Å². The smallest absolute Gasteiger partial charge is 0.271 e. The van der Waals surface area contributed by atoms with Gasteiger partial charge in [0.15, 0.2) is 0 Å². The molecule has 1 amide bonds. The van der Waals surface area contributed by atoms with Crippen LogP contribution in [0.15, 0.2) is 41.3 Å². The number of carbonyl (C=O) groups excluding carboxylic acids is 1. The summed E-state index contributed by atoms with van der Waals surface area (Å²) in [6.07, 6.45) is 0.681. The molecule has 5 nitrogen and oxygen atoms in total. The fraction of sp³-hybridized carbons (Fsp3) is 0.235. The number of amides is 1. The molecular formula is C17H16N2O3S. The number of rotatable bonds is 3. The van der Waals surface area contributed by atoms with E-state index in [4.69, 9.17) is 0 Å². The third-order valence-corrected chi connectivity index (χ3v) is 5.18. The van der Waals surface area contributed by atoms with Gasteiger partial charge in [0.05, 0.1) is 15.9 Å². The van der Waals surface area contributed by atoms with Crippen LogP contribution in [0.2, 0.25) is 0 Å². The van der Waals surface area contributed by atoms with E-state index in [0.29, 0.717) is 12.1 Å². The van der Waals surface area contributed by atoms with Crippen molar-refractivity contribution < 1.29 is 9.72 Å². The molecule has 6 heteroatoms. The summed E-state index contributed by atoms with van der Waals surface area (Å²) in [5.74, 6) is -0.118. The zero-order valence-electron chi connectivity index (χ0n) is 12.8. The van der Waals surface area contributed by atoms with E-state index in [1.54, 1.807) is 17.8 Å². The lowest BCUT2D eigenvalue weighted by Crippen LogP contribution is -2.25. The van der Waals surface area contributed by atoms with E-state index in [0.717, 1.165) is 10.5 Å². The summed E-state index contributed by atoms with van der Waals surface area (Å²) in [6, 6.07) is 10.7. The molecule has 2 aromatic rings. The molecule has 2 aromatic carbocycles. The van der Waals surface area contributed by atoms with Crippen LogP contribution < -0.4 is 5.32 Å². The van der Waals surface area contributed by atoms with Crippen LogP contribution in [0.1, 0.15) is 16.7 Å². The van der Waals surface area contributed by atoms with Crippen LogP contribution in [0.3, 0.4) is 0 Å². The van der Waals surface area contributed by atoms with Crippen molar-refractivity contribution in [1.29, 1.82) is 0 Å². The number of nitro benzene ring substituents is 1. The van der Waals surface area contributed by atoms with Gasteiger partial charge in [-0.05, 0) is 37.5 Å². The molecule has 23 heavy (non-hydrogen) atoms. The molecular weight excluding hydrogens is 312 g/mol. The van der Waals surface area contributed by atoms with Crippen LogP contribution in [0.25, 0.3) is 0 Å². The van der Waals surface area contributed by atoms with Crippen LogP contribution in [-0.4, -0.2) is 16.1 Å². The summed E-state index contributed by atoms with van der Waals surface area (Å²) >= 11 is 1.55. The molecule has 0 spiro atoms. The summed E-state index contributed by atoms with van der Waals surface area (Å²) in [5.41, 5.74) is 3.63. The molecule has 3 rings (SSSR count). The van der Waals surface area contributed by atoms with E-state index in [-0.39, 0.29) is 16.8 Å². The summed E-state index contributed by atoms with van der Waals surface area (Å²) in [6.45, 7) is 3.85. The van der Waals surface area contributed by atoms with Crippen molar-refractivity contribution in [2.24, 2.45) is 0 Å². The lowest BCUT2D eigenvalue weighted by molar-refractivity contribution is -0.384. The van der Waals surface area contributed by atoms with Crippen molar-refractivity contribution >= 4 is 29.0 Å². The predicted molar refractivity (Wildman–Crippen MR) is 91.0 cm³/mol. The molecule has 1 atom stereocenters. The van der Waals surface area contributed by atoms with Gasteiger partial charge in [0.1, 0.15) is 0 Å². The molecule has 0 bridgehead atoms. The van der Waals surface area contributed by atoms with E-state index in [9.17, 15) is 14.9 Å². The Morgan fingerprint density at radius 3 is 2.78 bits per heavy atom. The molecule has 0 saturated carbocycles. The van der Waals surface area contributed by atoms with E-state index in [1.165, 1.54) is 23.3 Å². The van der Waals surface area contributed by atoms with Gasteiger partial charge in [-0.25, -0.2) is 0 Å². The molecule has 1 aliphatic rings. The highest BCUT2D eigenvalue weighted by atomic mass is 32.2. The largest absolute Gasteiger partial charge is 0.325 e. The van der Waals surface area contributed by atoms with Crippen molar-refractivity contribution in [1.82, 2.24) is 0 Å². The molecule has 0 unspecified atom stereocenters. The molecule has 118 valence electrons. The molecule has 0 aromatic heterocycles. The predicted octanol–water partition coefficient (Wildman–Crippen LogP) is 3.87. The Kier molecular flexibility index (Phi) is 4.09. The zero-order valence-corrected chi connectivity index (χ0v) is 13.6. The maximum absolute atomic E-state index is 12.5. The Balaban J connectivity index is 1.76. The number of hydrogen-bond acceptors (Lipinski definition) is 4. The highest BCUT2D eigenvalue weighted by Gasteiger charge is 2.28. The van der Waals surface area contributed by atoms with Gasteiger partial charge in [0.25, 0.3) is 5.69 Å². The second kappa shape index (κ2) is 6.04. The van der Waals surface area contributed by atoms with Gasteiger partial charge in [-0.2, -0.15) is 0 Å². The summed E-state index contributed by atoms with van der Waals surface area (Å²) < 4.78 is 0. The number of aryl methyl sites for hydroxylation is 2. The van der Waals surface area contributed by atoms with Gasteiger partial charge in [-0.3, -0.25) is 14.9 Å². The van der Waals surface area contributed by atoms with Crippen molar-refractivity contribution in [3.8, 4) is 0 Å². The number of carbonyl (C=O) groups is 1. The number of fused-ring (bicyclic) bond motifs is 1. The minimum atomic E-state index is -0.460. The average Bonchev–Trinajstić information content (AvgIpc) is 2.92. The van der Waals surface area contributed by atoms with E-state index in [2.05, 4.69) is 17.4 Å². The lowest BCUT2D eigenvalue weighted by atomic mass is 10.1. The Labute approximate surface area is 138 Å². The third kappa shape index (κ3) is 3.22. The van der Waals surface area contributed by atoms with E-state index < -0.39 is 4.92 Å². The van der Waals surface area contributed by atoms with Gasteiger partial charge < -0.3 is 5.32 Å². The Hall–Kier alpha value is -2.34. The Bertz CT molecular complexity index is 804. The standard InChI is InChI=1S/C17H16N2O3S/c1-10-3-5-12-8-16(23-15(12)7-10)17(20)18-14-9-13(19(21)22)6-4-11(14)2/h3-7,9,16H,8H2,1-2H3,(H,18,20)/t16-/m1/s1. The maximum Gasteiger partial charge on any atom is 0.271 e. The SMILES string of the molecule is Cc1ccc2c(c1)S[C@@H](C(=O)Nc1cc([N+](=O)[O-])ccc1C)C2. The van der Waals surface area contributed by atoms with Crippen LogP contribution in [0.4, 0.5) is 11.4 Å². The molecule has 0 fully saturated rings. The molecule has 1 aliphatic heterocycles. The monoisotopic (exact) mass is 328 g/mol. The first-order valence-electron chi connectivity index (χ1n) is 7.26. The third-order valence-electron chi connectivity index (χ3n) is 3.88. The quantitative estimate of drug-likeness (QED) is 0.686. The number of non-ortho nitro benzene ring substituents is 1. The number of thioether (sulfide) groups is 1. The number of nitro groups is 1. The molecule has 0 radical (unpaired) electrons. The van der Waals surface area contributed by atoms with Crippen LogP contribution in [0, 0.1) is 24.0 Å². The number of hydrogen-bond donors (Lipinski definition) is 1. The topological polar surface area (TPSA) is 72.2 Å². The Morgan fingerprint density at radius 2 is 2.04 bits per heavy atom. The number of nitrogens with one attached hydrogen (secondary N) is 1. The van der Waals surface area contributed by atoms with Crippen LogP contribution in [0.5, 0.6) is 0 Å². The Morgan fingerprint density at radius 1 is 1.26 bits per heavy atom. The summed E-state index contributed by atoms with van der Waals surface area (Å²) in [4.78, 5) is 24.1. The highest BCUT2D eigenvalue weighted by molar-refractivity contribution is 8.01. The van der Waals surface area contributed by atoms with Gasteiger partial charge in [-0.1, -0.05) is 23.8 Å². The first-order valence-corrected chi connectivity index (χ1v) is 8.14. The van der Waals surface area contributed by atoms with E-state index in [1.807, 2.05) is 19.9 Å². The minimum absolute atomic E-state index is 0.0242. The van der Waals surface area contributed by atoms with Crippen molar-refractivity contribution in [3.05, 3.63) is 63.2 Å². The second-order valence-corrected chi connectivity index (χ2v) is 6.91. The zero-order chi connectivity index (χ0) is 16.6. The molecule has 0 aliphatic carbocycles. The molecule has 1 heterocycles.